The molecule has 6 nitrogen and oxygen atoms in total. The number of amides is 3. The van der Waals surface area contributed by atoms with Crippen LogP contribution in [0.4, 0.5) is 10.5 Å². The van der Waals surface area contributed by atoms with Crippen molar-refractivity contribution in [2.75, 3.05) is 12.4 Å². The van der Waals surface area contributed by atoms with Gasteiger partial charge in [0.15, 0.2) is 0 Å². The van der Waals surface area contributed by atoms with E-state index in [1.807, 2.05) is 12.1 Å². The van der Waals surface area contributed by atoms with Gasteiger partial charge in [0.1, 0.15) is 11.5 Å². The average Bonchev–Trinajstić information content (AvgIpc) is 3.08. The molecule has 2 aromatic rings. The molecule has 1 aliphatic carbocycles. The minimum atomic E-state index is -0.662. The van der Waals surface area contributed by atoms with E-state index in [-0.39, 0.29) is 5.91 Å². The number of nitrogens with one attached hydrogen (secondary N) is 1. The molecule has 24 heavy (non-hydrogen) atoms. The number of urea groups is 1. The molecule has 1 fully saturated rings. The number of hydrogen-bond donors (Lipinski definition) is 2. The third kappa shape index (κ3) is 3.59. The highest BCUT2D eigenvalue weighted by Crippen LogP contribution is 2.47. The lowest BCUT2D eigenvalue weighted by molar-refractivity contribution is 0.0775. The number of anilines is 1. The van der Waals surface area contributed by atoms with Gasteiger partial charge in [0.2, 0.25) is 0 Å². The van der Waals surface area contributed by atoms with E-state index in [4.69, 9.17) is 10.2 Å². The van der Waals surface area contributed by atoms with E-state index in [0.29, 0.717) is 29.6 Å². The molecule has 2 atom stereocenters. The number of carbonyl (C=O) groups is 2. The maximum absolute atomic E-state index is 12.5. The molecule has 0 aliphatic heterocycles. The number of nitrogens with two attached hydrogens (primary N) is 1. The van der Waals surface area contributed by atoms with Gasteiger partial charge in [0.05, 0.1) is 6.54 Å². The van der Waals surface area contributed by atoms with Crippen LogP contribution in [0, 0.1) is 5.92 Å². The molecule has 3 amide bonds. The van der Waals surface area contributed by atoms with Crippen LogP contribution in [-0.4, -0.2) is 23.9 Å². The summed E-state index contributed by atoms with van der Waals surface area (Å²) >= 11 is 0. The lowest BCUT2D eigenvalue weighted by Gasteiger charge is -2.16. The maximum atomic E-state index is 12.5. The summed E-state index contributed by atoms with van der Waals surface area (Å²) in [6, 6.07) is 9.94. The first-order valence-electron chi connectivity index (χ1n) is 7.94. The van der Waals surface area contributed by atoms with Crippen LogP contribution in [0.5, 0.6) is 0 Å². The summed E-state index contributed by atoms with van der Waals surface area (Å²) in [6.45, 7) is 2.60. The number of carbonyl (C=O) groups excluding carboxylic acids is 2. The molecule has 126 valence electrons. The summed E-state index contributed by atoms with van der Waals surface area (Å²) in [5, 5.41) is 2.47. The summed E-state index contributed by atoms with van der Waals surface area (Å²) in [7, 11) is 1.72. The zero-order valence-corrected chi connectivity index (χ0v) is 13.8. The van der Waals surface area contributed by atoms with Gasteiger partial charge in [-0.05, 0) is 42.7 Å². The van der Waals surface area contributed by atoms with Crippen molar-refractivity contribution in [2.45, 2.75) is 25.8 Å². The minimum absolute atomic E-state index is 0.152. The molecule has 1 aliphatic rings. The number of benzene rings is 1. The predicted octanol–water partition coefficient (Wildman–Crippen LogP) is 3.17. The van der Waals surface area contributed by atoms with Crippen molar-refractivity contribution in [3.63, 3.8) is 0 Å². The Morgan fingerprint density at radius 2 is 2.08 bits per heavy atom. The van der Waals surface area contributed by atoms with Crippen LogP contribution in [-0.2, 0) is 6.54 Å². The molecule has 1 heterocycles. The van der Waals surface area contributed by atoms with E-state index >= 15 is 0 Å². The Bertz CT molecular complexity index is 768. The second-order valence-corrected chi connectivity index (χ2v) is 6.35. The topological polar surface area (TPSA) is 88.6 Å². The third-order valence-electron chi connectivity index (χ3n) is 4.27. The van der Waals surface area contributed by atoms with Crippen LogP contribution in [0.1, 0.15) is 41.1 Å². The van der Waals surface area contributed by atoms with Gasteiger partial charge < -0.3 is 20.4 Å². The second-order valence-electron chi connectivity index (χ2n) is 6.35. The van der Waals surface area contributed by atoms with Crippen LogP contribution < -0.4 is 11.1 Å². The molecule has 1 aromatic carbocycles. The van der Waals surface area contributed by atoms with Crippen molar-refractivity contribution in [1.82, 2.24) is 4.90 Å². The number of hydrogen-bond acceptors (Lipinski definition) is 3. The van der Waals surface area contributed by atoms with Crippen molar-refractivity contribution < 1.29 is 14.0 Å². The van der Waals surface area contributed by atoms with E-state index in [9.17, 15) is 9.59 Å². The van der Waals surface area contributed by atoms with Crippen LogP contribution in [0.3, 0.4) is 0 Å². The van der Waals surface area contributed by atoms with E-state index in [1.165, 1.54) is 6.42 Å². The highest BCUT2D eigenvalue weighted by Gasteiger charge is 2.36. The Morgan fingerprint density at radius 1 is 1.33 bits per heavy atom. The number of nitrogens with zero attached hydrogens (tertiary/aromatic N) is 1. The summed E-state index contributed by atoms with van der Waals surface area (Å²) in [5.41, 5.74) is 6.06. The molecule has 1 aromatic heterocycles. The van der Waals surface area contributed by atoms with E-state index in [2.05, 4.69) is 12.2 Å². The van der Waals surface area contributed by atoms with Gasteiger partial charge in [0.25, 0.3) is 5.91 Å². The molecule has 6 heteroatoms. The van der Waals surface area contributed by atoms with Gasteiger partial charge in [-0.1, -0.05) is 13.0 Å². The fourth-order valence-electron chi connectivity index (χ4n) is 2.80. The van der Waals surface area contributed by atoms with E-state index in [1.54, 1.807) is 36.2 Å². The highest BCUT2D eigenvalue weighted by atomic mass is 16.3. The molecule has 1 saturated carbocycles. The van der Waals surface area contributed by atoms with Crippen molar-refractivity contribution in [3.05, 3.63) is 53.5 Å². The normalized spacial score (nSPS) is 18.9. The van der Waals surface area contributed by atoms with Crippen molar-refractivity contribution >= 4 is 17.6 Å². The lowest BCUT2D eigenvalue weighted by Crippen LogP contribution is -2.26. The molecule has 0 spiro atoms. The fraction of sp³-hybridized carbons (Fsp3) is 0.333. The van der Waals surface area contributed by atoms with Crippen molar-refractivity contribution in [2.24, 2.45) is 11.7 Å². The Labute approximate surface area is 140 Å². The largest absolute Gasteiger partial charge is 0.464 e. The first-order chi connectivity index (χ1) is 11.4. The molecule has 0 radical (unpaired) electrons. The maximum Gasteiger partial charge on any atom is 0.316 e. The number of furan rings is 1. The van der Waals surface area contributed by atoms with Gasteiger partial charge in [-0.3, -0.25) is 4.79 Å². The highest BCUT2D eigenvalue weighted by molar-refractivity contribution is 5.96. The third-order valence-corrected chi connectivity index (χ3v) is 4.27. The smallest absolute Gasteiger partial charge is 0.316 e. The van der Waals surface area contributed by atoms with E-state index in [0.717, 1.165) is 11.5 Å². The fourth-order valence-corrected chi connectivity index (χ4v) is 2.80. The quantitative estimate of drug-likeness (QED) is 0.884. The average molecular weight is 327 g/mol. The molecular weight excluding hydrogens is 306 g/mol. The number of rotatable bonds is 5. The number of primary amides is 1. The Morgan fingerprint density at radius 3 is 2.75 bits per heavy atom. The molecule has 0 saturated heterocycles. The van der Waals surface area contributed by atoms with Gasteiger partial charge in [-0.25, -0.2) is 4.79 Å². The van der Waals surface area contributed by atoms with Crippen molar-refractivity contribution in [1.29, 1.82) is 0 Å². The van der Waals surface area contributed by atoms with Crippen LogP contribution in [0.2, 0.25) is 0 Å². The second kappa shape index (κ2) is 6.39. The predicted molar refractivity (Wildman–Crippen MR) is 90.7 cm³/mol. The Kier molecular flexibility index (Phi) is 4.29. The zero-order valence-electron chi connectivity index (χ0n) is 13.8. The zero-order chi connectivity index (χ0) is 17.3. The summed E-state index contributed by atoms with van der Waals surface area (Å²) < 4.78 is 5.84. The minimum Gasteiger partial charge on any atom is -0.464 e. The summed E-state index contributed by atoms with van der Waals surface area (Å²) in [5.74, 6) is 2.83. The molecule has 3 rings (SSSR count). The van der Waals surface area contributed by atoms with Gasteiger partial charge >= 0.3 is 6.03 Å². The van der Waals surface area contributed by atoms with Gasteiger partial charge in [-0.2, -0.15) is 0 Å². The first-order valence-corrected chi connectivity index (χ1v) is 7.94. The van der Waals surface area contributed by atoms with Gasteiger partial charge in [0, 0.05) is 24.2 Å². The Hall–Kier alpha value is -2.76. The van der Waals surface area contributed by atoms with E-state index < -0.39 is 6.03 Å². The monoisotopic (exact) mass is 327 g/mol. The van der Waals surface area contributed by atoms with Crippen LogP contribution in [0.15, 0.2) is 40.8 Å². The van der Waals surface area contributed by atoms with Crippen LogP contribution in [0.25, 0.3) is 0 Å². The van der Waals surface area contributed by atoms with Crippen molar-refractivity contribution in [3.8, 4) is 0 Å². The lowest BCUT2D eigenvalue weighted by atomic mass is 10.1. The summed E-state index contributed by atoms with van der Waals surface area (Å²) in [4.78, 5) is 25.0. The van der Waals surface area contributed by atoms with Gasteiger partial charge in [-0.15, -0.1) is 0 Å². The summed E-state index contributed by atoms with van der Waals surface area (Å²) in [6.07, 6.45) is 1.17. The molecular formula is C18H21N3O3. The molecule has 3 N–H and O–H groups in total. The molecule has 0 bridgehead atoms. The first kappa shape index (κ1) is 16.1. The standard InChI is InChI=1S/C18H21N3O3/c1-11-8-15(11)16-7-6-14(24-16)10-21(2)17(22)12-4-3-5-13(9-12)20-18(19)23/h3-7,9,11,15H,8,10H2,1-2H3,(H3,19,20,23). The SMILES string of the molecule is CC1CC1c1ccc(CN(C)C(=O)c2cccc(NC(N)=O)c2)o1. The molecule has 2 unspecified atom stereocenters. The van der Waals surface area contributed by atoms with Crippen LogP contribution >= 0.6 is 0 Å². The Balaban J connectivity index is 1.66.